The Morgan fingerprint density at radius 3 is 2.47 bits per heavy atom. The minimum atomic E-state index is -0.548. The molecule has 6 nitrogen and oxygen atoms in total. The fraction of sp³-hybridized carbons (Fsp3) is 0.0870. The number of para-hydroxylation sites is 1. The molecule has 0 saturated carbocycles. The minimum absolute atomic E-state index is 0.385. The first-order valence-corrected chi connectivity index (χ1v) is 11.0. The normalized spacial score (nSPS) is 10.7. The summed E-state index contributed by atoms with van der Waals surface area (Å²) >= 11 is 15.3. The smallest absolute Gasteiger partial charge is 0.249 e. The van der Waals surface area contributed by atoms with Crippen LogP contribution >= 0.6 is 39.1 Å². The third-order valence-corrected chi connectivity index (χ3v) is 5.34. The van der Waals surface area contributed by atoms with Crippen LogP contribution in [-0.4, -0.2) is 18.0 Å². The predicted octanol–water partition coefficient (Wildman–Crippen LogP) is 5.81. The van der Waals surface area contributed by atoms with Gasteiger partial charge < -0.3 is 10.1 Å². The topological polar surface area (TPSA) is 79.8 Å². The number of nitrogens with one attached hydrogen (secondary N) is 2. The molecule has 0 saturated heterocycles. The van der Waals surface area contributed by atoms with Gasteiger partial charge in [-0.1, -0.05) is 47.5 Å². The Morgan fingerprint density at radius 1 is 1.00 bits per heavy atom. The van der Waals surface area contributed by atoms with Gasteiger partial charge in [0, 0.05) is 5.02 Å². The largest absolute Gasteiger partial charge is 0.488 e. The maximum atomic E-state index is 12.0. The molecule has 0 atom stereocenters. The van der Waals surface area contributed by atoms with Gasteiger partial charge in [-0.2, -0.15) is 5.10 Å². The lowest BCUT2D eigenvalue weighted by atomic mass is 10.2. The molecule has 3 rings (SSSR count). The van der Waals surface area contributed by atoms with Crippen LogP contribution in [0.3, 0.4) is 0 Å². The van der Waals surface area contributed by atoms with Crippen molar-refractivity contribution in [1.29, 1.82) is 0 Å². The molecule has 0 aliphatic rings. The number of benzene rings is 3. The van der Waals surface area contributed by atoms with E-state index < -0.39 is 11.8 Å². The summed E-state index contributed by atoms with van der Waals surface area (Å²) in [5, 5.41) is 7.53. The molecule has 2 N–H and O–H groups in total. The summed E-state index contributed by atoms with van der Waals surface area (Å²) in [6.07, 6.45) is 1.08. The lowest BCUT2D eigenvalue weighted by Gasteiger charge is -2.09. The summed E-state index contributed by atoms with van der Waals surface area (Å²) in [7, 11) is 0. The van der Waals surface area contributed by atoms with E-state index in [1.165, 1.54) is 6.21 Å². The molecule has 32 heavy (non-hydrogen) atoms. The summed E-state index contributed by atoms with van der Waals surface area (Å²) in [6, 6.07) is 19.6. The average Bonchev–Trinajstić information content (AvgIpc) is 2.76. The second-order valence-electron chi connectivity index (χ2n) is 6.60. The summed E-state index contributed by atoms with van der Waals surface area (Å²) in [4.78, 5) is 23.9. The molecule has 164 valence electrons. The van der Waals surface area contributed by atoms with E-state index in [0.29, 0.717) is 28.1 Å². The number of carbonyl (C=O) groups excluding carboxylic acids is 2. The van der Waals surface area contributed by atoms with E-state index in [2.05, 4.69) is 31.8 Å². The molecule has 0 aliphatic heterocycles. The molecule has 0 spiro atoms. The molecule has 0 aliphatic carbocycles. The standard InChI is InChI=1S/C23H18BrCl2N3O3/c24-18-11-16(7-10-21(18)32-14-15-5-8-17(25)9-6-15)13-27-29-23(31)12-22(30)28-20-4-2-1-3-19(20)26/h1-11,13H,12,14H2,(H,28,30)(H,29,31). The fourth-order valence-electron chi connectivity index (χ4n) is 2.58. The van der Waals surface area contributed by atoms with Crippen molar-refractivity contribution in [3.05, 3.63) is 92.4 Å². The van der Waals surface area contributed by atoms with Crippen molar-refractivity contribution in [2.75, 3.05) is 5.32 Å². The number of anilines is 1. The highest BCUT2D eigenvalue weighted by Gasteiger charge is 2.10. The van der Waals surface area contributed by atoms with Crippen LogP contribution in [0, 0.1) is 0 Å². The minimum Gasteiger partial charge on any atom is -0.488 e. The van der Waals surface area contributed by atoms with E-state index in [0.717, 1.165) is 15.6 Å². The van der Waals surface area contributed by atoms with Crippen molar-refractivity contribution in [1.82, 2.24) is 5.43 Å². The van der Waals surface area contributed by atoms with E-state index in [1.54, 1.807) is 42.5 Å². The van der Waals surface area contributed by atoms with Crippen molar-refractivity contribution in [2.24, 2.45) is 5.10 Å². The predicted molar refractivity (Wildman–Crippen MR) is 130 cm³/mol. The molecular formula is C23H18BrCl2N3O3. The number of rotatable bonds is 8. The second kappa shape index (κ2) is 11.7. The van der Waals surface area contributed by atoms with Gasteiger partial charge in [-0.3, -0.25) is 9.59 Å². The summed E-state index contributed by atoms with van der Waals surface area (Å²) in [5.74, 6) is -0.374. The van der Waals surface area contributed by atoms with Crippen LogP contribution < -0.4 is 15.5 Å². The molecule has 0 aromatic heterocycles. The van der Waals surface area contributed by atoms with Gasteiger partial charge in [-0.15, -0.1) is 0 Å². The van der Waals surface area contributed by atoms with Crippen molar-refractivity contribution in [3.63, 3.8) is 0 Å². The average molecular weight is 535 g/mol. The summed E-state index contributed by atoms with van der Waals surface area (Å²) < 4.78 is 6.54. The highest BCUT2D eigenvalue weighted by Crippen LogP contribution is 2.26. The van der Waals surface area contributed by atoms with Crippen LogP contribution in [0.15, 0.2) is 76.3 Å². The zero-order chi connectivity index (χ0) is 22.9. The number of nitrogens with zero attached hydrogens (tertiary/aromatic N) is 1. The van der Waals surface area contributed by atoms with Crippen LogP contribution in [-0.2, 0) is 16.2 Å². The maximum Gasteiger partial charge on any atom is 0.249 e. The van der Waals surface area contributed by atoms with Crippen LogP contribution in [0.2, 0.25) is 10.0 Å². The van der Waals surface area contributed by atoms with Crippen molar-refractivity contribution < 1.29 is 14.3 Å². The summed E-state index contributed by atoms with van der Waals surface area (Å²) in [6.45, 7) is 0.398. The third kappa shape index (κ3) is 7.37. The number of ether oxygens (including phenoxy) is 1. The molecule has 0 unspecified atom stereocenters. The van der Waals surface area contributed by atoms with Gasteiger partial charge in [-0.25, -0.2) is 5.43 Å². The van der Waals surface area contributed by atoms with E-state index in [9.17, 15) is 9.59 Å². The first-order valence-electron chi connectivity index (χ1n) is 9.44. The van der Waals surface area contributed by atoms with Crippen LogP contribution in [0.4, 0.5) is 5.69 Å². The molecule has 0 fully saturated rings. The zero-order valence-electron chi connectivity index (χ0n) is 16.6. The molecule has 3 aromatic carbocycles. The fourth-order valence-corrected chi connectivity index (χ4v) is 3.40. The Balaban J connectivity index is 1.47. The number of halogens is 3. The second-order valence-corrected chi connectivity index (χ2v) is 8.30. The number of carbonyl (C=O) groups is 2. The van der Waals surface area contributed by atoms with Gasteiger partial charge in [0.2, 0.25) is 11.8 Å². The molecule has 0 radical (unpaired) electrons. The van der Waals surface area contributed by atoms with Gasteiger partial charge in [0.1, 0.15) is 18.8 Å². The maximum absolute atomic E-state index is 12.0. The quantitative estimate of drug-likeness (QED) is 0.217. The first kappa shape index (κ1) is 23.8. The Labute approximate surface area is 203 Å². The van der Waals surface area contributed by atoms with Crippen molar-refractivity contribution in [3.8, 4) is 5.75 Å². The van der Waals surface area contributed by atoms with E-state index >= 15 is 0 Å². The molecule has 3 aromatic rings. The van der Waals surface area contributed by atoms with Gasteiger partial charge in [0.25, 0.3) is 0 Å². The number of hydrogen-bond donors (Lipinski definition) is 2. The number of hydrogen-bond acceptors (Lipinski definition) is 4. The van der Waals surface area contributed by atoms with Gasteiger partial charge in [0.05, 0.1) is 21.4 Å². The van der Waals surface area contributed by atoms with Gasteiger partial charge in [-0.05, 0) is 69.5 Å². The molecule has 2 amide bonds. The number of hydrazone groups is 1. The Bertz CT molecular complexity index is 1140. The van der Waals surface area contributed by atoms with Crippen LogP contribution in [0.5, 0.6) is 5.75 Å². The SMILES string of the molecule is O=C(CC(=O)Nc1ccccc1Cl)NN=Cc1ccc(OCc2ccc(Cl)cc2)c(Br)c1. The zero-order valence-corrected chi connectivity index (χ0v) is 19.7. The van der Waals surface area contributed by atoms with Crippen molar-refractivity contribution >= 4 is 62.8 Å². The van der Waals surface area contributed by atoms with E-state index in [1.807, 2.05) is 24.3 Å². The summed E-state index contributed by atoms with van der Waals surface area (Å²) in [5.41, 5.74) is 4.50. The van der Waals surface area contributed by atoms with E-state index in [4.69, 9.17) is 27.9 Å². The molecule has 9 heteroatoms. The molecular weight excluding hydrogens is 517 g/mol. The number of amides is 2. The van der Waals surface area contributed by atoms with Crippen LogP contribution in [0.1, 0.15) is 17.5 Å². The monoisotopic (exact) mass is 533 g/mol. The van der Waals surface area contributed by atoms with Gasteiger partial charge in [0.15, 0.2) is 0 Å². The van der Waals surface area contributed by atoms with Crippen LogP contribution in [0.25, 0.3) is 0 Å². The highest BCUT2D eigenvalue weighted by atomic mass is 79.9. The van der Waals surface area contributed by atoms with Gasteiger partial charge >= 0.3 is 0 Å². The lowest BCUT2D eigenvalue weighted by molar-refractivity contribution is -0.126. The Kier molecular flexibility index (Phi) is 8.67. The lowest BCUT2D eigenvalue weighted by Crippen LogP contribution is -2.24. The molecule has 0 heterocycles. The van der Waals surface area contributed by atoms with Crippen molar-refractivity contribution in [2.45, 2.75) is 13.0 Å². The molecule has 0 bridgehead atoms. The Morgan fingerprint density at radius 2 is 1.75 bits per heavy atom. The first-order chi connectivity index (χ1) is 15.4. The third-order valence-electron chi connectivity index (χ3n) is 4.14. The highest BCUT2D eigenvalue weighted by molar-refractivity contribution is 9.10. The van der Waals surface area contributed by atoms with E-state index in [-0.39, 0.29) is 6.42 Å². The Hall–Kier alpha value is -2.87.